The molecule has 202 valence electrons. The van der Waals surface area contributed by atoms with Crippen molar-refractivity contribution in [3.05, 3.63) is 53.1 Å². The number of fused-ring (bicyclic) bond motifs is 1. The molecule has 1 amide bonds. The summed E-state index contributed by atoms with van der Waals surface area (Å²) >= 11 is 0. The average molecular weight is 542 g/mol. The van der Waals surface area contributed by atoms with Crippen LogP contribution in [0.3, 0.4) is 0 Å². The highest BCUT2D eigenvalue weighted by Gasteiger charge is 2.22. The second kappa shape index (κ2) is 13.3. The van der Waals surface area contributed by atoms with Crippen LogP contribution in [0, 0.1) is 11.3 Å². The fourth-order valence-electron chi connectivity index (χ4n) is 4.28. The van der Waals surface area contributed by atoms with Gasteiger partial charge in [-0.15, -0.1) is 12.4 Å². The summed E-state index contributed by atoms with van der Waals surface area (Å²) < 4.78 is 11.2. The number of nitrogens with one attached hydrogen (secondary N) is 1. The van der Waals surface area contributed by atoms with Gasteiger partial charge in [0.05, 0.1) is 18.3 Å². The molecule has 11 heteroatoms. The molecule has 0 spiro atoms. The summed E-state index contributed by atoms with van der Waals surface area (Å²) in [5, 5.41) is 35.2. The zero-order valence-corrected chi connectivity index (χ0v) is 22.2. The number of carbonyl (C=O) groups is 1. The Bertz CT molecular complexity index is 1290. The normalized spacial score (nSPS) is 14.1. The lowest BCUT2D eigenvalue weighted by molar-refractivity contribution is -0.130. The van der Waals surface area contributed by atoms with Crippen molar-refractivity contribution >= 4 is 18.3 Å². The van der Waals surface area contributed by atoms with Crippen LogP contribution in [-0.2, 0) is 17.6 Å². The molecule has 1 aromatic heterocycles. The molecule has 0 unspecified atom stereocenters. The third-order valence-corrected chi connectivity index (χ3v) is 6.14. The Labute approximate surface area is 227 Å². The van der Waals surface area contributed by atoms with Crippen LogP contribution in [0.4, 0.5) is 0 Å². The molecule has 0 fully saturated rings. The fraction of sp³-hybridized carbons (Fsp3) is 0.407. The molecule has 3 N–H and O–H groups in total. The van der Waals surface area contributed by atoms with E-state index in [1.807, 2.05) is 19.9 Å². The Hall–Kier alpha value is -3.49. The number of aromatic nitrogens is 2. The predicted octanol–water partition coefficient (Wildman–Crippen LogP) is 2.35. The van der Waals surface area contributed by atoms with Crippen LogP contribution >= 0.6 is 12.4 Å². The minimum Gasteiger partial charge on any atom is -0.490 e. The predicted molar refractivity (Wildman–Crippen MR) is 143 cm³/mol. The summed E-state index contributed by atoms with van der Waals surface area (Å²) in [6.45, 7) is 5.42. The van der Waals surface area contributed by atoms with E-state index in [2.05, 4.69) is 38.6 Å². The van der Waals surface area contributed by atoms with Gasteiger partial charge in [0.15, 0.2) is 0 Å². The second-order valence-corrected chi connectivity index (χ2v) is 9.23. The number of hydrogen-bond acceptors (Lipinski definition) is 9. The topological polar surface area (TPSA) is 145 Å². The van der Waals surface area contributed by atoms with Crippen molar-refractivity contribution in [3.63, 3.8) is 0 Å². The van der Waals surface area contributed by atoms with Crippen LogP contribution in [0.25, 0.3) is 22.8 Å². The van der Waals surface area contributed by atoms with Crippen LogP contribution in [0.15, 0.2) is 40.9 Å². The molecule has 1 atom stereocenters. The quantitative estimate of drug-likeness (QED) is 0.371. The van der Waals surface area contributed by atoms with Crippen LogP contribution in [0.5, 0.6) is 5.75 Å². The van der Waals surface area contributed by atoms with Crippen molar-refractivity contribution in [2.75, 3.05) is 32.8 Å². The molecule has 0 aliphatic carbocycles. The molecule has 1 aliphatic rings. The highest BCUT2D eigenvalue weighted by Crippen LogP contribution is 2.29. The number of nitrogens with zero attached hydrogens (tertiary/aromatic N) is 4. The molecule has 38 heavy (non-hydrogen) atoms. The maximum absolute atomic E-state index is 11.9. The van der Waals surface area contributed by atoms with E-state index in [0.29, 0.717) is 35.1 Å². The van der Waals surface area contributed by atoms with Gasteiger partial charge < -0.3 is 24.8 Å². The third kappa shape index (κ3) is 7.08. The summed E-state index contributed by atoms with van der Waals surface area (Å²) in [7, 11) is 0. The highest BCUT2D eigenvalue weighted by atomic mass is 35.5. The number of ether oxygens (including phenoxy) is 1. The molecule has 4 rings (SSSR count). The minimum absolute atomic E-state index is 0. The van der Waals surface area contributed by atoms with Gasteiger partial charge >= 0.3 is 0 Å². The summed E-state index contributed by atoms with van der Waals surface area (Å²) in [6, 6.07) is 13.4. The van der Waals surface area contributed by atoms with Crippen LogP contribution in [-0.4, -0.2) is 76.2 Å². The lowest BCUT2D eigenvalue weighted by Crippen LogP contribution is -2.44. The Morgan fingerprint density at radius 3 is 2.63 bits per heavy atom. The van der Waals surface area contributed by atoms with Gasteiger partial charge in [0.2, 0.25) is 11.7 Å². The van der Waals surface area contributed by atoms with Crippen LogP contribution in [0.2, 0.25) is 0 Å². The maximum atomic E-state index is 11.9. The molecule has 0 radical (unpaired) electrons. The highest BCUT2D eigenvalue weighted by molar-refractivity contribution is 5.85. The minimum atomic E-state index is -1.14. The summed E-state index contributed by atoms with van der Waals surface area (Å²) in [6.07, 6.45) is 0.352. The summed E-state index contributed by atoms with van der Waals surface area (Å²) in [4.78, 5) is 18.6. The molecule has 10 nitrogen and oxygen atoms in total. The molecule has 2 aromatic carbocycles. The van der Waals surface area contributed by atoms with Gasteiger partial charge in [-0.05, 0) is 62.1 Å². The van der Waals surface area contributed by atoms with Crippen LogP contribution in [0.1, 0.15) is 30.5 Å². The number of nitriles is 1. The summed E-state index contributed by atoms with van der Waals surface area (Å²) in [5.74, 6) is 0.808. The van der Waals surface area contributed by atoms with E-state index in [1.54, 1.807) is 18.2 Å². The van der Waals surface area contributed by atoms with E-state index in [0.717, 1.165) is 30.5 Å². The third-order valence-electron chi connectivity index (χ3n) is 6.14. The zero-order chi connectivity index (χ0) is 26.4. The number of benzene rings is 2. The zero-order valence-electron chi connectivity index (χ0n) is 21.4. The van der Waals surface area contributed by atoms with Gasteiger partial charge in [-0.1, -0.05) is 17.3 Å². The fourth-order valence-corrected chi connectivity index (χ4v) is 4.28. The van der Waals surface area contributed by atoms with Crippen molar-refractivity contribution in [2.24, 2.45) is 0 Å². The van der Waals surface area contributed by atoms with E-state index in [9.17, 15) is 15.2 Å². The number of β-amino-alcohol motifs (C(OH)–C–C–N with tert-alkyl or cyclic N) is 1. The van der Waals surface area contributed by atoms with Gasteiger partial charge in [0, 0.05) is 37.3 Å². The largest absolute Gasteiger partial charge is 0.490 e. The van der Waals surface area contributed by atoms with Gasteiger partial charge in [0.1, 0.15) is 17.9 Å². The standard InChI is InChI=1S/C27H31N5O5.ClH/c1-17(2)36-24-6-5-21(14-22(24)15-28)27-30-25(31-37-27)20-4-3-18-7-10-32(11-8-19(18)13-20)16-23(34)26(35)29-9-12-33;/h3-6,13-14,17,23,33-34H,7-12,16H2,1-2H3,(H,29,35);1H/t23-;/m1./s1. The Kier molecular flexibility index (Phi) is 10.2. The van der Waals surface area contributed by atoms with Gasteiger partial charge in [-0.2, -0.15) is 10.2 Å². The van der Waals surface area contributed by atoms with E-state index in [-0.39, 0.29) is 38.2 Å². The van der Waals surface area contributed by atoms with Gasteiger partial charge in [-0.3, -0.25) is 9.69 Å². The number of rotatable bonds is 9. The SMILES string of the molecule is CC(C)Oc1ccc(-c2nc(-c3ccc4c(c3)CCN(C[C@@H](O)C(=O)NCCO)CC4)no2)cc1C#N.Cl. The first-order chi connectivity index (χ1) is 17.9. The lowest BCUT2D eigenvalue weighted by atomic mass is 10.00. The molecule has 0 bridgehead atoms. The molecule has 0 saturated heterocycles. The van der Waals surface area contributed by atoms with Crippen molar-refractivity contribution in [2.45, 2.75) is 38.9 Å². The molecule has 3 aromatic rings. The molecule has 1 aliphatic heterocycles. The summed E-state index contributed by atoms with van der Waals surface area (Å²) in [5.41, 5.74) is 4.22. The smallest absolute Gasteiger partial charge is 0.258 e. The number of hydrogen-bond donors (Lipinski definition) is 3. The maximum Gasteiger partial charge on any atom is 0.258 e. The van der Waals surface area contributed by atoms with Crippen molar-refractivity contribution in [3.8, 4) is 34.7 Å². The lowest BCUT2D eigenvalue weighted by Gasteiger charge is -2.22. The van der Waals surface area contributed by atoms with Crippen molar-refractivity contribution in [1.82, 2.24) is 20.4 Å². The first-order valence-electron chi connectivity index (χ1n) is 12.3. The number of halogens is 1. The average Bonchev–Trinajstić information content (AvgIpc) is 3.30. The second-order valence-electron chi connectivity index (χ2n) is 9.23. The van der Waals surface area contributed by atoms with Crippen molar-refractivity contribution < 1.29 is 24.3 Å². The van der Waals surface area contributed by atoms with Gasteiger partial charge in [-0.25, -0.2) is 0 Å². The Balaban J connectivity index is 0.00000400. The van der Waals surface area contributed by atoms with E-state index >= 15 is 0 Å². The number of carbonyl (C=O) groups excluding carboxylic acids is 1. The first-order valence-corrected chi connectivity index (χ1v) is 12.3. The monoisotopic (exact) mass is 541 g/mol. The molecule has 2 heterocycles. The number of amides is 1. The number of aliphatic hydroxyl groups excluding tert-OH is 2. The van der Waals surface area contributed by atoms with Crippen molar-refractivity contribution in [1.29, 1.82) is 5.26 Å². The van der Waals surface area contributed by atoms with E-state index in [4.69, 9.17) is 14.4 Å². The first kappa shape index (κ1) is 29.1. The Morgan fingerprint density at radius 1 is 1.18 bits per heavy atom. The van der Waals surface area contributed by atoms with E-state index < -0.39 is 12.0 Å². The van der Waals surface area contributed by atoms with Crippen LogP contribution < -0.4 is 10.1 Å². The molecular weight excluding hydrogens is 510 g/mol. The van der Waals surface area contributed by atoms with E-state index in [1.165, 1.54) is 5.56 Å². The number of aliphatic hydroxyl groups is 2. The molecule has 0 saturated carbocycles. The van der Waals surface area contributed by atoms with Gasteiger partial charge in [0.25, 0.3) is 5.89 Å². The Morgan fingerprint density at radius 2 is 1.92 bits per heavy atom. The molecular formula is C27H32ClN5O5.